The molecule has 1 fully saturated rings. The Labute approximate surface area is 141 Å². The summed E-state index contributed by atoms with van der Waals surface area (Å²) >= 11 is 0. The zero-order chi connectivity index (χ0) is 17.9. The first-order chi connectivity index (χ1) is 11.2. The number of hydrogen-bond acceptors (Lipinski definition) is 7. The Kier molecular flexibility index (Phi) is 6.19. The van der Waals surface area contributed by atoms with Crippen LogP contribution in [0.25, 0.3) is 0 Å². The van der Waals surface area contributed by atoms with Crippen molar-refractivity contribution in [3.8, 4) is 5.75 Å². The number of aryl methyl sites for hydroxylation is 1. The maximum absolute atomic E-state index is 10.0. The molecule has 0 radical (unpaired) electrons. The third kappa shape index (κ3) is 4.66. The van der Waals surface area contributed by atoms with Crippen molar-refractivity contribution in [1.82, 2.24) is 0 Å². The first-order valence-corrected chi connectivity index (χ1v) is 8.00. The van der Waals surface area contributed by atoms with E-state index in [1.807, 2.05) is 26.0 Å². The normalized spacial score (nSPS) is 31.2. The lowest BCUT2D eigenvalue weighted by Crippen LogP contribution is -2.60. The van der Waals surface area contributed by atoms with E-state index >= 15 is 0 Å². The van der Waals surface area contributed by atoms with Crippen molar-refractivity contribution in [1.29, 1.82) is 0 Å². The first-order valence-electron chi connectivity index (χ1n) is 8.00. The molecule has 5 atom stereocenters. The van der Waals surface area contributed by atoms with Gasteiger partial charge in [-0.1, -0.05) is 12.1 Å². The minimum Gasteiger partial charge on any atom is -0.508 e. The van der Waals surface area contributed by atoms with E-state index in [0.717, 1.165) is 5.56 Å². The van der Waals surface area contributed by atoms with E-state index < -0.39 is 42.9 Å². The summed E-state index contributed by atoms with van der Waals surface area (Å²) in [6.07, 6.45) is -5.09. The summed E-state index contributed by atoms with van der Waals surface area (Å²) in [5.74, 6) is 0.204. The highest BCUT2D eigenvalue weighted by Crippen LogP contribution is 2.28. The molecular formula is C17H26O7. The van der Waals surface area contributed by atoms with Crippen LogP contribution in [0.5, 0.6) is 5.75 Å². The van der Waals surface area contributed by atoms with Crippen LogP contribution in [0.2, 0.25) is 0 Å². The number of aliphatic hydroxyl groups excluding tert-OH is 4. The van der Waals surface area contributed by atoms with E-state index in [-0.39, 0.29) is 5.75 Å². The van der Waals surface area contributed by atoms with Crippen LogP contribution in [0.4, 0.5) is 0 Å². The number of hydrogen-bond donors (Lipinski definition) is 5. The van der Waals surface area contributed by atoms with Gasteiger partial charge in [0, 0.05) is 0 Å². The molecule has 1 heterocycles. The number of aromatic hydroxyl groups is 1. The predicted molar refractivity (Wildman–Crippen MR) is 85.4 cm³/mol. The summed E-state index contributed by atoms with van der Waals surface area (Å²) < 4.78 is 11.2. The molecule has 0 unspecified atom stereocenters. The van der Waals surface area contributed by atoms with Crippen LogP contribution < -0.4 is 0 Å². The minimum absolute atomic E-state index is 0.204. The van der Waals surface area contributed by atoms with Gasteiger partial charge in [0.05, 0.1) is 12.2 Å². The number of ether oxygens (including phenoxy) is 2. The van der Waals surface area contributed by atoms with Gasteiger partial charge in [-0.15, -0.1) is 0 Å². The van der Waals surface area contributed by atoms with E-state index in [1.165, 1.54) is 0 Å². The molecule has 0 saturated carbocycles. The smallest absolute Gasteiger partial charge is 0.187 e. The molecule has 0 spiro atoms. The van der Waals surface area contributed by atoms with Crippen molar-refractivity contribution < 1.29 is 35.0 Å². The van der Waals surface area contributed by atoms with E-state index in [9.17, 15) is 25.5 Å². The molecule has 5 N–H and O–H groups in total. The summed E-state index contributed by atoms with van der Waals surface area (Å²) in [6, 6.07) is 6.86. The molecule has 7 nitrogen and oxygen atoms in total. The van der Waals surface area contributed by atoms with Crippen LogP contribution in [-0.4, -0.2) is 68.4 Å². The molecule has 0 bridgehead atoms. The quantitative estimate of drug-likeness (QED) is 0.490. The SMILES string of the molecule is CC(C)(CCc1ccc(O)cc1)O[C@@H]1O[C@H](CO)[C@@H](O)[C@H](O)[C@H]1O. The molecule has 2 rings (SSSR count). The Morgan fingerprint density at radius 2 is 1.67 bits per heavy atom. The molecule has 0 aliphatic carbocycles. The number of aliphatic hydroxyl groups is 4. The van der Waals surface area contributed by atoms with E-state index in [0.29, 0.717) is 12.8 Å². The van der Waals surface area contributed by atoms with Crippen molar-refractivity contribution in [3.63, 3.8) is 0 Å². The second kappa shape index (κ2) is 7.77. The molecular weight excluding hydrogens is 316 g/mol. The zero-order valence-corrected chi connectivity index (χ0v) is 13.9. The van der Waals surface area contributed by atoms with Crippen molar-refractivity contribution in [2.45, 2.75) is 63.0 Å². The molecule has 24 heavy (non-hydrogen) atoms. The minimum atomic E-state index is -1.45. The number of rotatable bonds is 6. The third-order valence-electron chi connectivity index (χ3n) is 4.24. The molecule has 7 heteroatoms. The highest BCUT2D eigenvalue weighted by molar-refractivity contribution is 5.26. The maximum Gasteiger partial charge on any atom is 0.187 e. The van der Waals surface area contributed by atoms with Gasteiger partial charge in [0.15, 0.2) is 6.29 Å². The fraction of sp³-hybridized carbons (Fsp3) is 0.647. The van der Waals surface area contributed by atoms with Crippen LogP contribution >= 0.6 is 0 Å². The van der Waals surface area contributed by atoms with Crippen molar-refractivity contribution >= 4 is 0 Å². The molecule has 136 valence electrons. The Morgan fingerprint density at radius 3 is 2.25 bits per heavy atom. The summed E-state index contributed by atoms with van der Waals surface area (Å²) in [5.41, 5.74) is 0.351. The van der Waals surface area contributed by atoms with Gasteiger partial charge in [-0.3, -0.25) is 0 Å². The van der Waals surface area contributed by atoms with E-state index in [4.69, 9.17) is 9.47 Å². The number of benzene rings is 1. The lowest BCUT2D eigenvalue weighted by atomic mass is 9.96. The van der Waals surface area contributed by atoms with Crippen molar-refractivity contribution in [2.75, 3.05) is 6.61 Å². The largest absolute Gasteiger partial charge is 0.508 e. The second-order valence-electron chi connectivity index (χ2n) is 6.74. The van der Waals surface area contributed by atoms with Gasteiger partial charge in [0.2, 0.25) is 0 Å². The standard InChI is InChI=1S/C17H26O7/c1-17(2,8-7-10-3-5-11(19)6-4-10)24-16-15(22)14(21)13(20)12(9-18)23-16/h3-6,12-16,18-22H,7-9H2,1-2H3/t12-,13-,14+,15-,16+/m1/s1. The molecule has 1 aromatic rings. The predicted octanol–water partition coefficient (Wildman–Crippen LogP) is -0.0801. The summed E-state index contributed by atoms with van der Waals surface area (Å²) in [5, 5.41) is 48.1. The Hall–Kier alpha value is -1.22. The van der Waals surface area contributed by atoms with Crippen LogP contribution in [0.15, 0.2) is 24.3 Å². The Morgan fingerprint density at radius 1 is 1.04 bits per heavy atom. The lowest BCUT2D eigenvalue weighted by molar-refractivity contribution is -0.323. The number of phenols is 1. The van der Waals surface area contributed by atoms with Gasteiger partial charge in [-0.05, 0) is 44.4 Å². The van der Waals surface area contributed by atoms with Gasteiger partial charge in [-0.25, -0.2) is 0 Å². The van der Waals surface area contributed by atoms with Crippen LogP contribution in [0.1, 0.15) is 25.8 Å². The highest BCUT2D eigenvalue weighted by atomic mass is 16.7. The molecule has 0 amide bonds. The summed E-state index contributed by atoms with van der Waals surface area (Å²) in [4.78, 5) is 0. The van der Waals surface area contributed by atoms with Crippen LogP contribution in [-0.2, 0) is 15.9 Å². The lowest BCUT2D eigenvalue weighted by Gasteiger charge is -2.42. The van der Waals surface area contributed by atoms with Gasteiger partial charge in [-0.2, -0.15) is 0 Å². The Balaban J connectivity index is 1.95. The molecule has 1 aliphatic heterocycles. The van der Waals surface area contributed by atoms with Crippen molar-refractivity contribution in [2.24, 2.45) is 0 Å². The van der Waals surface area contributed by atoms with Crippen LogP contribution in [0, 0.1) is 0 Å². The average Bonchev–Trinajstić information content (AvgIpc) is 2.55. The van der Waals surface area contributed by atoms with Crippen molar-refractivity contribution in [3.05, 3.63) is 29.8 Å². The summed E-state index contributed by atoms with van der Waals surface area (Å²) in [6.45, 7) is 3.17. The van der Waals surface area contributed by atoms with Gasteiger partial charge in [0.1, 0.15) is 30.2 Å². The first kappa shape index (κ1) is 19.1. The average molecular weight is 342 g/mol. The highest BCUT2D eigenvalue weighted by Gasteiger charge is 2.45. The number of phenolic OH excluding ortho intramolecular Hbond substituents is 1. The zero-order valence-electron chi connectivity index (χ0n) is 13.9. The monoisotopic (exact) mass is 342 g/mol. The third-order valence-corrected chi connectivity index (χ3v) is 4.24. The van der Waals surface area contributed by atoms with Gasteiger partial charge in [0.25, 0.3) is 0 Å². The molecule has 1 aliphatic rings. The van der Waals surface area contributed by atoms with Gasteiger partial charge >= 0.3 is 0 Å². The molecule has 1 aromatic carbocycles. The second-order valence-corrected chi connectivity index (χ2v) is 6.74. The maximum atomic E-state index is 10.0. The topological polar surface area (TPSA) is 120 Å². The van der Waals surface area contributed by atoms with Gasteiger partial charge < -0.3 is 35.0 Å². The van der Waals surface area contributed by atoms with Crippen LogP contribution in [0.3, 0.4) is 0 Å². The fourth-order valence-corrected chi connectivity index (χ4v) is 2.65. The fourth-order valence-electron chi connectivity index (χ4n) is 2.65. The molecule has 1 saturated heterocycles. The van der Waals surface area contributed by atoms with E-state index in [1.54, 1.807) is 12.1 Å². The Bertz CT molecular complexity index is 514. The van der Waals surface area contributed by atoms with E-state index in [2.05, 4.69) is 0 Å². The summed E-state index contributed by atoms with van der Waals surface area (Å²) in [7, 11) is 0. The molecule has 0 aromatic heterocycles.